The van der Waals surface area contributed by atoms with Gasteiger partial charge in [-0.1, -0.05) is 17.9 Å². The Hall–Kier alpha value is -1.79. The molecular weight excluding hydrogens is 238 g/mol. The molecule has 1 aliphatic heterocycles. The van der Waals surface area contributed by atoms with Crippen LogP contribution in [0.2, 0.25) is 0 Å². The van der Waals surface area contributed by atoms with Gasteiger partial charge in [0.05, 0.1) is 12.2 Å². The van der Waals surface area contributed by atoms with Gasteiger partial charge in [-0.3, -0.25) is 4.79 Å². The van der Waals surface area contributed by atoms with Crippen molar-refractivity contribution in [3.05, 3.63) is 34.9 Å². The summed E-state index contributed by atoms with van der Waals surface area (Å²) in [6, 6.07) is 5.74. The number of aryl methyl sites for hydroxylation is 1. The lowest BCUT2D eigenvalue weighted by Crippen LogP contribution is -2.28. The smallest absolute Gasteiger partial charge is 0.255 e. The number of amides is 1. The maximum Gasteiger partial charge on any atom is 0.255 e. The fourth-order valence-corrected chi connectivity index (χ4v) is 2.25. The van der Waals surface area contributed by atoms with Crippen molar-refractivity contribution in [2.75, 3.05) is 19.7 Å². The number of aliphatic hydroxyl groups is 1. The van der Waals surface area contributed by atoms with Gasteiger partial charge in [-0.25, -0.2) is 0 Å². The summed E-state index contributed by atoms with van der Waals surface area (Å²) in [7, 11) is 0. The summed E-state index contributed by atoms with van der Waals surface area (Å²) in [4.78, 5) is 14.3. The van der Waals surface area contributed by atoms with Gasteiger partial charge in [0.2, 0.25) is 0 Å². The highest BCUT2D eigenvalue weighted by Crippen LogP contribution is 2.17. The molecule has 3 nitrogen and oxygen atoms in total. The molecule has 1 saturated heterocycles. The second-order valence-corrected chi connectivity index (χ2v) is 4.82. The van der Waals surface area contributed by atoms with E-state index in [1.807, 2.05) is 30.0 Å². The standard InChI is InChI=1S/C16H19NO2/c1-13-7-8-15(14(12-13)6-2-5-11-18)16(19)17-9-3-4-10-17/h7-8,12,18H,3-5,9-11H2,1H3. The lowest BCUT2D eigenvalue weighted by Gasteiger charge is -2.16. The summed E-state index contributed by atoms with van der Waals surface area (Å²) < 4.78 is 0. The zero-order valence-electron chi connectivity index (χ0n) is 11.3. The van der Waals surface area contributed by atoms with Crippen LogP contribution in [0.4, 0.5) is 0 Å². The van der Waals surface area contributed by atoms with Crippen LogP contribution in [-0.4, -0.2) is 35.6 Å². The summed E-state index contributed by atoms with van der Waals surface area (Å²) in [6.07, 6.45) is 2.61. The van der Waals surface area contributed by atoms with Crippen LogP contribution in [0.3, 0.4) is 0 Å². The first kappa shape index (κ1) is 13.6. The molecule has 0 saturated carbocycles. The summed E-state index contributed by atoms with van der Waals surface area (Å²) in [5.41, 5.74) is 2.54. The number of likely N-dealkylation sites (tertiary alicyclic amines) is 1. The van der Waals surface area contributed by atoms with Crippen LogP contribution in [0, 0.1) is 18.8 Å². The van der Waals surface area contributed by atoms with Crippen LogP contribution in [-0.2, 0) is 0 Å². The molecular formula is C16H19NO2. The van der Waals surface area contributed by atoms with E-state index in [4.69, 9.17) is 5.11 Å². The molecule has 0 aliphatic carbocycles. The van der Waals surface area contributed by atoms with Crippen molar-refractivity contribution in [2.45, 2.75) is 26.2 Å². The molecule has 0 bridgehead atoms. The number of hydrogen-bond donors (Lipinski definition) is 1. The second kappa shape index (κ2) is 6.40. The lowest BCUT2D eigenvalue weighted by molar-refractivity contribution is 0.0792. The molecule has 0 radical (unpaired) electrons. The average Bonchev–Trinajstić information content (AvgIpc) is 2.92. The number of carbonyl (C=O) groups excluding carboxylic acids is 1. The number of rotatable bonds is 2. The van der Waals surface area contributed by atoms with Crippen LogP contribution >= 0.6 is 0 Å². The first-order valence-electron chi connectivity index (χ1n) is 6.72. The Balaban J connectivity index is 2.28. The van der Waals surface area contributed by atoms with E-state index in [0.29, 0.717) is 12.0 Å². The minimum absolute atomic E-state index is 0.0498. The summed E-state index contributed by atoms with van der Waals surface area (Å²) in [5, 5.41) is 8.77. The molecule has 1 N–H and O–H groups in total. The molecule has 3 heteroatoms. The molecule has 0 aromatic heterocycles. The predicted octanol–water partition coefficient (Wildman–Crippen LogP) is 1.96. The van der Waals surface area contributed by atoms with E-state index < -0.39 is 0 Å². The van der Waals surface area contributed by atoms with E-state index in [2.05, 4.69) is 11.8 Å². The van der Waals surface area contributed by atoms with Gasteiger partial charge in [0.25, 0.3) is 5.91 Å². The van der Waals surface area contributed by atoms with E-state index in [-0.39, 0.29) is 12.5 Å². The van der Waals surface area contributed by atoms with Crippen LogP contribution in [0.15, 0.2) is 18.2 Å². The van der Waals surface area contributed by atoms with Gasteiger partial charge in [-0.05, 0) is 37.5 Å². The topological polar surface area (TPSA) is 40.5 Å². The quantitative estimate of drug-likeness (QED) is 0.823. The monoisotopic (exact) mass is 257 g/mol. The fourth-order valence-electron chi connectivity index (χ4n) is 2.25. The van der Waals surface area contributed by atoms with Gasteiger partial charge in [0, 0.05) is 25.1 Å². The SMILES string of the molecule is Cc1ccc(C(=O)N2CCCC2)c(C#CCCO)c1. The summed E-state index contributed by atoms with van der Waals surface area (Å²) >= 11 is 0. The Morgan fingerprint density at radius 1 is 1.37 bits per heavy atom. The maximum atomic E-state index is 12.4. The fraction of sp³-hybridized carbons (Fsp3) is 0.438. The maximum absolute atomic E-state index is 12.4. The normalized spacial score (nSPS) is 14.1. The lowest BCUT2D eigenvalue weighted by atomic mass is 10.0. The first-order valence-corrected chi connectivity index (χ1v) is 6.72. The molecule has 1 aromatic carbocycles. The van der Waals surface area contributed by atoms with Crippen LogP contribution in [0.1, 0.15) is 40.7 Å². The van der Waals surface area contributed by atoms with Crippen molar-refractivity contribution in [3.63, 3.8) is 0 Å². The summed E-state index contributed by atoms with van der Waals surface area (Å²) in [5.74, 6) is 5.97. The van der Waals surface area contributed by atoms with E-state index in [9.17, 15) is 4.79 Å². The Morgan fingerprint density at radius 2 is 2.11 bits per heavy atom. The molecule has 2 rings (SSSR count). The van der Waals surface area contributed by atoms with Gasteiger partial charge in [0.15, 0.2) is 0 Å². The van der Waals surface area contributed by atoms with Crippen molar-refractivity contribution >= 4 is 5.91 Å². The largest absolute Gasteiger partial charge is 0.395 e. The Labute approximate surface area is 114 Å². The zero-order chi connectivity index (χ0) is 13.7. The van der Waals surface area contributed by atoms with Crippen molar-refractivity contribution in [3.8, 4) is 11.8 Å². The van der Waals surface area contributed by atoms with E-state index >= 15 is 0 Å². The molecule has 1 aliphatic rings. The van der Waals surface area contributed by atoms with Gasteiger partial charge in [-0.15, -0.1) is 0 Å². The minimum Gasteiger partial charge on any atom is -0.395 e. The molecule has 1 fully saturated rings. The number of nitrogens with zero attached hydrogens (tertiary/aromatic N) is 1. The zero-order valence-corrected chi connectivity index (χ0v) is 11.3. The molecule has 1 heterocycles. The van der Waals surface area contributed by atoms with E-state index in [0.717, 1.165) is 37.1 Å². The highest BCUT2D eigenvalue weighted by molar-refractivity contribution is 5.97. The Bertz CT molecular complexity index is 519. The molecule has 100 valence electrons. The number of benzene rings is 1. The third-order valence-corrected chi connectivity index (χ3v) is 3.26. The van der Waals surface area contributed by atoms with E-state index in [1.54, 1.807) is 0 Å². The van der Waals surface area contributed by atoms with Gasteiger partial charge >= 0.3 is 0 Å². The minimum atomic E-state index is 0.0498. The third kappa shape index (κ3) is 3.36. The predicted molar refractivity (Wildman–Crippen MR) is 74.9 cm³/mol. The molecule has 1 amide bonds. The van der Waals surface area contributed by atoms with E-state index in [1.165, 1.54) is 0 Å². The first-order chi connectivity index (χ1) is 9.22. The molecule has 1 aromatic rings. The number of aliphatic hydroxyl groups excluding tert-OH is 1. The van der Waals surface area contributed by atoms with Crippen LogP contribution in [0.5, 0.6) is 0 Å². The Morgan fingerprint density at radius 3 is 2.79 bits per heavy atom. The van der Waals surface area contributed by atoms with Crippen molar-refractivity contribution in [2.24, 2.45) is 0 Å². The third-order valence-electron chi connectivity index (χ3n) is 3.26. The number of hydrogen-bond acceptors (Lipinski definition) is 2. The molecule has 0 spiro atoms. The van der Waals surface area contributed by atoms with Gasteiger partial charge < -0.3 is 10.0 Å². The van der Waals surface area contributed by atoms with Crippen LogP contribution < -0.4 is 0 Å². The van der Waals surface area contributed by atoms with Crippen molar-refractivity contribution in [1.82, 2.24) is 4.90 Å². The molecule has 0 atom stereocenters. The average molecular weight is 257 g/mol. The van der Waals surface area contributed by atoms with Gasteiger partial charge in [0.1, 0.15) is 0 Å². The Kier molecular flexibility index (Phi) is 4.59. The van der Waals surface area contributed by atoms with Crippen molar-refractivity contribution < 1.29 is 9.90 Å². The van der Waals surface area contributed by atoms with Crippen LogP contribution in [0.25, 0.3) is 0 Å². The molecule has 0 unspecified atom stereocenters. The molecule has 19 heavy (non-hydrogen) atoms. The van der Waals surface area contributed by atoms with Crippen molar-refractivity contribution in [1.29, 1.82) is 0 Å². The summed E-state index contributed by atoms with van der Waals surface area (Å²) in [6.45, 7) is 3.72. The second-order valence-electron chi connectivity index (χ2n) is 4.82. The highest BCUT2D eigenvalue weighted by atomic mass is 16.2. The van der Waals surface area contributed by atoms with Gasteiger partial charge in [-0.2, -0.15) is 0 Å². The number of carbonyl (C=O) groups is 1. The highest BCUT2D eigenvalue weighted by Gasteiger charge is 2.21.